The molecule has 0 amide bonds. The maximum absolute atomic E-state index is 5.72. The molecule has 0 aliphatic heterocycles. The SMILES string of the molecule is NCc1ccccc1-n1cc(CCl)cn1. The van der Waals surface area contributed by atoms with E-state index in [1.54, 1.807) is 10.9 Å². The first-order valence-corrected chi connectivity index (χ1v) is 5.26. The molecule has 4 heteroatoms. The van der Waals surface area contributed by atoms with E-state index in [0.29, 0.717) is 12.4 Å². The van der Waals surface area contributed by atoms with E-state index in [-0.39, 0.29) is 0 Å². The molecule has 2 N–H and O–H groups in total. The largest absolute Gasteiger partial charge is 0.326 e. The molecule has 0 bridgehead atoms. The lowest BCUT2D eigenvalue weighted by Crippen LogP contribution is -2.04. The van der Waals surface area contributed by atoms with E-state index in [4.69, 9.17) is 17.3 Å². The highest BCUT2D eigenvalue weighted by molar-refractivity contribution is 6.17. The van der Waals surface area contributed by atoms with Crippen molar-refractivity contribution >= 4 is 11.6 Å². The smallest absolute Gasteiger partial charge is 0.0690 e. The van der Waals surface area contributed by atoms with E-state index in [1.807, 2.05) is 30.5 Å². The predicted octanol–water partition coefficient (Wildman–Crippen LogP) is 2.07. The Morgan fingerprint density at radius 3 is 2.80 bits per heavy atom. The van der Waals surface area contributed by atoms with Crippen molar-refractivity contribution in [3.8, 4) is 5.69 Å². The summed E-state index contributed by atoms with van der Waals surface area (Å²) in [6.07, 6.45) is 3.68. The van der Waals surface area contributed by atoms with Gasteiger partial charge >= 0.3 is 0 Å². The third-order valence-corrected chi connectivity index (χ3v) is 2.56. The van der Waals surface area contributed by atoms with Crippen molar-refractivity contribution in [2.45, 2.75) is 12.4 Å². The minimum Gasteiger partial charge on any atom is -0.326 e. The van der Waals surface area contributed by atoms with Gasteiger partial charge in [0.2, 0.25) is 0 Å². The highest BCUT2D eigenvalue weighted by Gasteiger charge is 2.03. The summed E-state index contributed by atoms with van der Waals surface area (Å²) >= 11 is 5.72. The van der Waals surface area contributed by atoms with Crippen LogP contribution in [-0.4, -0.2) is 9.78 Å². The zero-order chi connectivity index (χ0) is 10.7. The Kier molecular flexibility index (Phi) is 3.04. The minimum atomic E-state index is 0.477. The number of rotatable bonds is 3. The fraction of sp³-hybridized carbons (Fsp3) is 0.182. The summed E-state index contributed by atoms with van der Waals surface area (Å²) in [5.41, 5.74) is 8.74. The first kappa shape index (κ1) is 10.2. The molecule has 0 aliphatic carbocycles. The molecule has 78 valence electrons. The third-order valence-electron chi connectivity index (χ3n) is 2.25. The first-order valence-electron chi connectivity index (χ1n) is 4.73. The minimum absolute atomic E-state index is 0.477. The van der Waals surface area contributed by atoms with Gasteiger partial charge < -0.3 is 5.73 Å². The zero-order valence-electron chi connectivity index (χ0n) is 8.23. The number of halogens is 1. The summed E-state index contributed by atoms with van der Waals surface area (Å²) in [5.74, 6) is 0.477. The Labute approximate surface area is 93.5 Å². The van der Waals surface area contributed by atoms with Crippen molar-refractivity contribution in [1.82, 2.24) is 9.78 Å². The predicted molar refractivity (Wildman–Crippen MR) is 61.0 cm³/mol. The molecule has 0 saturated carbocycles. The zero-order valence-corrected chi connectivity index (χ0v) is 8.98. The number of nitrogens with zero attached hydrogens (tertiary/aromatic N) is 2. The molecule has 15 heavy (non-hydrogen) atoms. The van der Waals surface area contributed by atoms with Gasteiger partial charge in [0.1, 0.15) is 0 Å². The second kappa shape index (κ2) is 4.47. The van der Waals surface area contributed by atoms with Crippen molar-refractivity contribution in [1.29, 1.82) is 0 Å². The van der Waals surface area contributed by atoms with Crippen LogP contribution >= 0.6 is 11.6 Å². The maximum Gasteiger partial charge on any atom is 0.0690 e. The maximum atomic E-state index is 5.72. The van der Waals surface area contributed by atoms with Gasteiger partial charge in [0, 0.05) is 18.3 Å². The summed E-state index contributed by atoms with van der Waals surface area (Å²) in [6, 6.07) is 7.93. The Hall–Kier alpha value is -1.32. The molecular weight excluding hydrogens is 210 g/mol. The molecule has 0 saturated heterocycles. The molecular formula is C11H12ClN3. The van der Waals surface area contributed by atoms with Crippen LogP contribution in [0.4, 0.5) is 0 Å². The highest BCUT2D eigenvalue weighted by Crippen LogP contribution is 2.14. The number of aromatic nitrogens is 2. The van der Waals surface area contributed by atoms with Gasteiger partial charge in [-0.3, -0.25) is 0 Å². The monoisotopic (exact) mass is 221 g/mol. The van der Waals surface area contributed by atoms with Crippen LogP contribution in [0.3, 0.4) is 0 Å². The standard InChI is InChI=1S/C11H12ClN3/c12-5-9-7-14-15(8-9)11-4-2-1-3-10(11)6-13/h1-4,7-8H,5-6,13H2. The lowest BCUT2D eigenvalue weighted by molar-refractivity contribution is 0.858. The molecule has 2 rings (SSSR count). The summed E-state index contributed by atoms with van der Waals surface area (Å²) in [6.45, 7) is 0.506. The first-order chi connectivity index (χ1) is 7.35. The van der Waals surface area contributed by atoms with Crippen molar-refractivity contribution in [3.05, 3.63) is 47.8 Å². The molecule has 0 spiro atoms. The molecule has 1 aromatic carbocycles. The average molecular weight is 222 g/mol. The molecule has 0 radical (unpaired) electrons. The third kappa shape index (κ3) is 2.03. The van der Waals surface area contributed by atoms with Crippen LogP contribution in [-0.2, 0) is 12.4 Å². The number of nitrogens with two attached hydrogens (primary N) is 1. The van der Waals surface area contributed by atoms with Crippen molar-refractivity contribution in [2.75, 3.05) is 0 Å². The van der Waals surface area contributed by atoms with Crippen LogP contribution in [0.2, 0.25) is 0 Å². The van der Waals surface area contributed by atoms with E-state index in [9.17, 15) is 0 Å². The van der Waals surface area contributed by atoms with Gasteiger partial charge in [-0.1, -0.05) is 18.2 Å². The summed E-state index contributed by atoms with van der Waals surface area (Å²) < 4.78 is 1.81. The molecule has 1 aromatic heterocycles. The lowest BCUT2D eigenvalue weighted by atomic mass is 10.2. The van der Waals surface area contributed by atoms with Crippen LogP contribution in [0, 0.1) is 0 Å². The Morgan fingerprint density at radius 2 is 2.13 bits per heavy atom. The molecule has 0 unspecified atom stereocenters. The van der Waals surface area contributed by atoms with E-state index < -0.39 is 0 Å². The van der Waals surface area contributed by atoms with E-state index in [0.717, 1.165) is 16.8 Å². The van der Waals surface area contributed by atoms with Gasteiger partial charge in [0.05, 0.1) is 17.8 Å². The van der Waals surface area contributed by atoms with Crippen LogP contribution in [0.15, 0.2) is 36.7 Å². The van der Waals surface area contributed by atoms with Crippen LogP contribution in [0.5, 0.6) is 0 Å². The normalized spacial score (nSPS) is 10.5. The Morgan fingerprint density at radius 1 is 1.33 bits per heavy atom. The second-order valence-corrected chi connectivity index (χ2v) is 3.53. The Balaban J connectivity index is 2.44. The molecule has 3 nitrogen and oxygen atoms in total. The topological polar surface area (TPSA) is 43.8 Å². The van der Waals surface area contributed by atoms with Crippen molar-refractivity contribution in [2.24, 2.45) is 5.73 Å². The number of alkyl halides is 1. The molecule has 0 aliphatic rings. The van der Waals surface area contributed by atoms with Gasteiger partial charge in [-0.25, -0.2) is 4.68 Å². The van der Waals surface area contributed by atoms with Gasteiger partial charge in [-0.2, -0.15) is 5.10 Å². The molecule has 1 heterocycles. The van der Waals surface area contributed by atoms with E-state index >= 15 is 0 Å². The van der Waals surface area contributed by atoms with E-state index in [1.165, 1.54) is 0 Å². The lowest BCUT2D eigenvalue weighted by Gasteiger charge is -2.06. The fourth-order valence-electron chi connectivity index (χ4n) is 1.47. The van der Waals surface area contributed by atoms with Crippen molar-refractivity contribution in [3.63, 3.8) is 0 Å². The van der Waals surface area contributed by atoms with Gasteiger partial charge in [0.15, 0.2) is 0 Å². The fourth-order valence-corrected chi connectivity index (χ4v) is 1.61. The van der Waals surface area contributed by atoms with Gasteiger partial charge in [-0.05, 0) is 11.6 Å². The van der Waals surface area contributed by atoms with Crippen LogP contribution in [0.1, 0.15) is 11.1 Å². The van der Waals surface area contributed by atoms with Crippen molar-refractivity contribution < 1.29 is 0 Å². The number of benzene rings is 1. The van der Waals surface area contributed by atoms with Gasteiger partial charge in [0.25, 0.3) is 0 Å². The van der Waals surface area contributed by atoms with Gasteiger partial charge in [-0.15, -0.1) is 11.6 Å². The Bertz CT molecular complexity index is 451. The highest BCUT2D eigenvalue weighted by atomic mass is 35.5. The number of hydrogen-bond donors (Lipinski definition) is 1. The summed E-state index contributed by atoms with van der Waals surface area (Å²) in [5, 5.41) is 4.24. The number of hydrogen-bond acceptors (Lipinski definition) is 2. The summed E-state index contributed by atoms with van der Waals surface area (Å²) in [4.78, 5) is 0. The molecule has 0 atom stereocenters. The van der Waals surface area contributed by atoms with Crippen LogP contribution in [0.25, 0.3) is 5.69 Å². The quantitative estimate of drug-likeness (QED) is 0.807. The molecule has 2 aromatic rings. The number of para-hydroxylation sites is 1. The van der Waals surface area contributed by atoms with Crippen LogP contribution < -0.4 is 5.73 Å². The van der Waals surface area contributed by atoms with E-state index in [2.05, 4.69) is 5.10 Å². The summed E-state index contributed by atoms with van der Waals surface area (Å²) in [7, 11) is 0. The molecule has 0 fully saturated rings. The average Bonchev–Trinajstić information content (AvgIpc) is 2.77. The second-order valence-electron chi connectivity index (χ2n) is 3.26.